The third-order valence-corrected chi connectivity index (χ3v) is 6.08. The molecule has 0 aromatic rings. The standard InChI is InChI=1S/C18H32O16/c19-1-4-7(21)10(24)13(27)17(32-4)30-3-6-9(23)12(26)15(16(29)31-6)34-18-14(28)11(25)8(22)5(2-20)33-18/h4-29H,1-3H2/t4-,5-,6-,7-,8-,9-,10+,11+,12+,13-,14-,15-,16?,17+,18-/m1/s1. The SMILES string of the molecule is OC[C@H]1O[C@H](O[C@H]2C(O)O[C@H](CO[C@H]3O[C@H](CO)[C@@H](O)[C@H](O)[C@H]3O)[C@@H](O)[C@@H]2O)[C@H](O)[C@@H](O)[C@@H]1O. The summed E-state index contributed by atoms with van der Waals surface area (Å²) in [6, 6.07) is 0. The summed E-state index contributed by atoms with van der Waals surface area (Å²) in [6.45, 7) is -2.02. The van der Waals surface area contributed by atoms with Gasteiger partial charge in [-0.05, 0) is 0 Å². The average Bonchev–Trinajstić information content (AvgIpc) is 2.82. The summed E-state index contributed by atoms with van der Waals surface area (Å²) in [5, 5.41) is 109. The maximum atomic E-state index is 10.4. The molecule has 16 heteroatoms. The third-order valence-electron chi connectivity index (χ3n) is 6.08. The lowest BCUT2D eigenvalue weighted by molar-refractivity contribution is -0.366. The quantitative estimate of drug-likeness (QED) is 0.154. The van der Waals surface area contributed by atoms with Crippen LogP contribution in [0, 0.1) is 0 Å². The molecule has 3 aliphatic rings. The zero-order valence-electron chi connectivity index (χ0n) is 17.7. The van der Waals surface area contributed by atoms with E-state index in [1.165, 1.54) is 0 Å². The highest BCUT2D eigenvalue weighted by atomic mass is 16.7. The van der Waals surface area contributed by atoms with E-state index in [2.05, 4.69) is 0 Å². The Labute approximate surface area is 192 Å². The van der Waals surface area contributed by atoms with Crippen molar-refractivity contribution >= 4 is 0 Å². The van der Waals surface area contributed by atoms with Crippen LogP contribution in [0.2, 0.25) is 0 Å². The van der Waals surface area contributed by atoms with Gasteiger partial charge in [-0.3, -0.25) is 0 Å². The fraction of sp³-hybridized carbons (Fsp3) is 1.00. The van der Waals surface area contributed by atoms with Crippen LogP contribution >= 0.6 is 0 Å². The van der Waals surface area contributed by atoms with Gasteiger partial charge in [-0.2, -0.15) is 0 Å². The molecule has 0 spiro atoms. The summed E-state index contributed by atoms with van der Waals surface area (Å²) in [7, 11) is 0. The van der Waals surface area contributed by atoms with Crippen LogP contribution in [-0.2, 0) is 23.7 Å². The normalized spacial score (nSPS) is 52.5. The molecule has 16 nitrogen and oxygen atoms in total. The molecule has 11 N–H and O–H groups in total. The molecule has 0 aromatic carbocycles. The molecule has 200 valence electrons. The highest BCUT2D eigenvalue weighted by Gasteiger charge is 2.51. The molecule has 0 aliphatic carbocycles. The second-order valence-corrected chi connectivity index (χ2v) is 8.37. The number of hydrogen-bond acceptors (Lipinski definition) is 16. The van der Waals surface area contributed by atoms with E-state index in [1.807, 2.05) is 0 Å². The molecule has 3 saturated heterocycles. The van der Waals surface area contributed by atoms with Gasteiger partial charge in [0.2, 0.25) is 0 Å². The first-order chi connectivity index (χ1) is 16.0. The molecule has 0 radical (unpaired) electrons. The Balaban J connectivity index is 1.59. The minimum absolute atomic E-state index is 0.593. The Morgan fingerprint density at radius 1 is 0.500 bits per heavy atom. The van der Waals surface area contributed by atoms with Gasteiger partial charge >= 0.3 is 0 Å². The van der Waals surface area contributed by atoms with Crippen LogP contribution in [0.25, 0.3) is 0 Å². The van der Waals surface area contributed by atoms with Crippen LogP contribution < -0.4 is 0 Å². The van der Waals surface area contributed by atoms with Crippen LogP contribution in [-0.4, -0.2) is 168 Å². The summed E-state index contributed by atoms with van der Waals surface area (Å²) in [6.07, 6.45) is -24.8. The topological polar surface area (TPSA) is 269 Å². The molecule has 3 fully saturated rings. The van der Waals surface area contributed by atoms with Gasteiger partial charge in [-0.15, -0.1) is 0 Å². The molecule has 3 aliphatic heterocycles. The molecule has 0 saturated carbocycles. The zero-order chi connectivity index (χ0) is 25.3. The smallest absolute Gasteiger partial charge is 0.187 e. The van der Waals surface area contributed by atoms with Gasteiger partial charge in [0.05, 0.1) is 19.8 Å². The summed E-state index contributed by atoms with van der Waals surface area (Å²) in [5.41, 5.74) is 0. The van der Waals surface area contributed by atoms with Crippen molar-refractivity contribution < 1.29 is 79.9 Å². The van der Waals surface area contributed by atoms with E-state index in [9.17, 15) is 56.2 Å². The maximum absolute atomic E-state index is 10.4. The van der Waals surface area contributed by atoms with Gasteiger partial charge in [0, 0.05) is 0 Å². The van der Waals surface area contributed by atoms with Crippen molar-refractivity contribution in [2.75, 3.05) is 19.8 Å². The molecule has 34 heavy (non-hydrogen) atoms. The van der Waals surface area contributed by atoms with Crippen molar-refractivity contribution in [1.82, 2.24) is 0 Å². The van der Waals surface area contributed by atoms with Crippen molar-refractivity contribution in [2.45, 2.75) is 92.1 Å². The first-order valence-corrected chi connectivity index (χ1v) is 10.6. The van der Waals surface area contributed by atoms with Gasteiger partial charge in [0.25, 0.3) is 0 Å². The van der Waals surface area contributed by atoms with E-state index in [1.54, 1.807) is 0 Å². The second kappa shape index (κ2) is 11.6. The van der Waals surface area contributed by atoms with E-state index in [4.69, 9.17) is 23.7 Å². The molecule has 3 rings (SSSR count). The lowest BCUT2D eigenvalue weighted by Crippen LogP contribution is -2.64. The lowest BCUT2D eigenvalue weighted by Gasteiger charge is -2.45. The average molecular weight is 504 g/mol. The van der Waals surface area contributed by atoms with Gasteiger partial charge in [-0.1, -0.05) is 0 Å². The molecule has 3 heterocycles. The maximum Gasteiger partial charge on any atom is 0.187 e. The number of rotatable bonds is 7. The molecule has 15 atom stereocenters. The minimum atomic E-state index is -1.92. The van der Waals surface area contributed by atoms with Crippen molar-refractivity contribution in [3.63, 3.8) is 0 Å². The molecule has 0 bridgehead atoms. The van der Waals surface area contributed by atoms with Gasteiger partial charge in [0.15, 0.2) is 18.9 Å². The van der Waals surface area contributed by atoms with E-state index >= 15 is 0 Å². The monoisotopic (exact) mass is 504 g/mol. The highest BCUT2D eigenvalue weighted by molar-refractivity contribution is 4.94. The van der Waals surface area contributed by atoms with Crippen molar-refractivity contribution in [2.24, 2.45) is 0 Å². The summed E-state index contributed by atoms with van der Waals surface area (Å²) in [5.74, 6) is 0. The summed E-state index contributed by atoms with van der Waals surface area (Å²) >= 11 is 0. The predicted octanol–water partition coefficient (Wildman–Crippen LogP) is -7.57. The number of ether oxygens (including phenoxy) is 5. The van der Waals surface area contributed by atoms with E-state index in [-0.39, 0.29) is 0 Å². The van der Waals surface area contributed by atoms with Crippen molar-refractivity contribution in [1.29, 1.82) is 0 Å². The lowest BCUT2D eigenvalue weighted by atomic mass is 9.97. The first kappa shape index (κ1) is 27.9. The Bertz CT molecular complexity index is 635. The van der Waals surface area contributed by atoms with E-state index in [0.29, 0.717) is 0 Å². The van der Waals surface area contributed by atoms with Crippen LogP contribution in [0.1, 0.15) is 0 Å². The van der Waals surface area contributed by atoms with Gasteiger partial charge < -0.3 is 79.9 Å². The third kappa shape index (κ3) is 5.52. The highest BCUT2D eigenvalue weighted by Crippen LogP contribution is 2.29. The molecular formula is C18H32O16. The largest absolute Gasteiger partial charge is 0.394 e. The Kier molecular flexibility index (Phi) is 9.54. The van der Waals surface area contributed by atoms with Crippen molar-refractivity contribution in [3.05, 3.63) is 0 Å². The van der Waals surface area contributed by atoms with E-state index in [0.717, 1.165) is 0 Å². The summed E-state index contributed by atoms with van der Waals surface area (Å²) < 4.78 is 26.0. The van der Waals surface area contributed by atoms with Crippen molar-refractivity contribution in [3.8, 4) is 0 Å². The summed E-state index contributed by atoms with van der Waals surface area (Å²) in [4.78, 5) is 0. The molecule has 0 aromatic heterocycles. The van der Waals surface area contributed by atoms with Gasteiger partial charge in [-0.25, -0.2) is 0 Å². The fourth-order valence-electron chi connectivity index (χ4n) is 3.94. The van der Waals surface area contributed by atoms with Crippen LogP contribution in [0.3, 0.4) is 0 Å². The second-order valence-electron chi connectivity index (χ2n) is 8.37. The van der Waals surface area contributed by atoms with Crippen LogP contribution in [0.5, 0.6) is 0 Å². The van der Waals surface area contributed by atoms with Crippen LogP contribution in [0.15, 0.2) is 0 Å². The Morgan fingerprint density at radius 2 is 0.971 bits per heavy atom. The fourth-order valence-corrected chi connectivity index (χ4v) is 3.94. The Morgan fingerprint density at radius 3 is 1.50 bits per heavy atom. The molecular weight excluding hydrogens is 472 g/mol. The van der Waals surface area contributed by atoms with E-state index < -0.39 is 112 Å². The Hall–Kier alpha value is -0.640. The first-order valence-electron chi connectivity index (χ1n) is 10.6. The number of hydrogen-bond donors (Lipinski definition) is 11. The molecule has 0 amide bonds. The predicted molar refractivity (Wildman–Crippen MR) is 101 cm³/mol. The molecule has 1 unspecified atom stereocenters. The van der Waals surface area contributed by atoms with Crippen LogP contribution in [0.4, 0.5) is 0 Å². The van der Waals surface area contributed by atoms with Gasteiger partial charge in [0.1, 0.15) is 73.2 Å². The minimum Gasteiger partial charge on any atom is -0.394 e. The zero-order valence-corrected chi connectivity index (χ0v) is 17.7. The number of aliphatic hydroxyl groups is 11. The number of aliphatic hydroxyl groups excluding tert-OH is 11.